The summed E-state index contributed by atoms with van der Waals surface area (Å²) in [5.74, 6) is 0.372. The van der Waals surface area contributed by atoms with Gasteiger partial charge in [-0.2, -0.15) is 0 Å². The minimum absolute atomic E-state index is 0.0182. The summed E-state index contributed by atoms with van der Waals surface area (Å²) in [6.45, 7) is 4.14. The van der Waals surface area contributed by atoms with Crippen LogP contribution in [-0.4, -0.2) is 23.2 Å². The van der Waals surface area contributed by atoms with Gasteiger partial charge in [0.2, 0.25) is 0 Å². The van der Waals surface area contributed by atoms with Crippen molar-refractivity contribution in [1.82, 2.24) is 4.90 Å². The molecule has 0 amide bonds. The van der Waals surface area contributed by atoms with Gasteiger partial charge in [0, 0.05) is 36.3 Å². The Labute approximate surface area is 144 Å². The van der Waals surface area contributed by atoms with E-state index >= 15 is 0 Å². The van der Waals surface area contributed by atoms with Gasteiger partial charge < -0.3 is 9.47 Å². The number of nitro groups is 1. The largest absolute Gasteiger partial charge is 0.467 e. The van der Waals surface area contributed by atoms with Gasteiger partial charge in [0.05, 0.1) is 11.5 Å². The first-order chi connectivity index (χ1) is 12.1. The lowest BCUT2D eigenvalue weighted by Crippen LogP contribution is -2.24. The quantitative estimate of drug-likeness (QED) is 0.590. The van der Waals surface area contributed by atoms with Crippen molar-refractivity contribution >= 4 is 5.69 Å². The van der Waals surface area contributed by atoms with E-state index in [0.717, 1.165) is 11.1 Å². The number of nitro benzene ring substituents is 1. The fourth-order valence-corrected chi connectivity index (χ4v) is 2.92. The van der Waals surface area contributed by atoms with Crippen LogP contribution in [0.1, 0.15) is 23.6 Å². The van der Waals surface area contributed by atoms with E-state index in [1.54, 1.807) is 12.1 Å². The molecule has 2 aromatic carbocycles. The summed E-state index contributed by atoms with van der Waals surface area (Å²) in [7, 11) is 0. The number of rotatable bonds is 6. The molecular formula is C18H19FN2O4. The van der Waals surface area contributed by atoms with Crippen molar-refractivity contribution in [2.75, 3.05) is 13.3 Å². The van der Waals surface area contributed by atoms with E-state index in [2.05, 4.69) is 4.90 Å². The number of ether oxygens (including phenoxy) is 2. The third-order valence-corrected chi connectivity index (χ3v) is 4.12. The highest BCUT2D eigenvalue weighted by Gasteiger charge is 2.22. The Balaban J connectivity index is 1.86. The predicted molar refractivity (Wildman–Crippen MR) is 89.6 cm³/mol. The van der Waals surface area contributed by atoms with Crippen LogP contribution in [0.3, 0.4) is 0 Å². The van der Waals surface area contributed by atoms with E-state index in [-0.39, 0.29) is 18.3 Å². The summed E-state index contributed by atoms with van der Waals surface area (Å²) in [6, 6.07) is 9.47. The number of halogens is 1. The number of fused-ring (bicyclic) bond motifs is 1. The molecule has 132 valence electrons. The topological polar surface area (TPSA) is 64.8 Å². The zero-order valence-corrected chi connectivity index (χ0v) is 13.9. The van der Waals surface area contributed by atoms with Crippen molar-refractivity contribution in [3.63, 3.8) is 0 Å². The fourth-order valence-electron chi connectivity index (χ4n) is 2.92. The van der Waals surface area contributed by atoms with Gasteiger partial charge in [-0.3, -0.25) is 15.0 Å². The Bertz CT molecular complexity index is 782. The maximum absolute atomic E-state index is 13.4. The normalized spacial score (nSPS) is 13.4. The first kappa shape index (κ1) is 17.3. The average Bonchev–Trinajstić information content (AvgIpc) is 2.61. The first-order valence-electron chi connectivity index (χ1n) is 8.04. The average molecular weight is 346 g/mol. The summed E-state index contributed by atoms with van der Waals surface area (Å²) in [4.78, 5) is 12.9. The molecule has 25 heavy (non-hydrogen) atoms. The van der Waals surface area contributed by atoms with Crippen molar-refractivity contribution in [2.24, 2.45) is 0 Å². The van der Waals surface area contributed by atoms with E-state index in [4.69, 9.17) is 9.47 Å². The molecule has 0 radical (unpaired) electrons. The van der Waals surface area contributed by atoms with E-state index in [1.165, 1.54) is 18.2 Å². The van der Waals surface area contributed by atoms with Crippen molar-refractivity contribution in [3.05, 3.63) is 69.0 Å². The van der Waals surface area contributed by atoms with Crippen LogP contribution < -0.4 is 4.74 Å². The summed E-state index contributed by atoms with van der Waals surface area (Å²) < 4.78 is 24.2. The van der Waals surface area contributed by atoms with Gasteiger partial charge in [0.25, 0.3) is 5.69 Å². The van der Waals surface area contributed by atoms with Gasteiger partial charge >= 0.3 is 0 Å². The molecule has 2 aromatic rings. The lowest BCUT2D eigenvalue weighted by Gasteiger charge is -2.25. The second-order valence-electron chi connectivity index (χ2n) is 5.89. The molecule has 6 nitrogen and oxygen atoms in total. The number of hydrogen-bond donors (Lipinski definition) is 0. The predicted octanol–water partition coefficient (Wildman–Crippen LogP) is 3.62. The SMILES string of the molecule is CCN(Cc1cccc(F)c1)Cc1cc([N+](=O)[O-])cc2c1OCOC2. The summed E-state index contributed by atoms with van der Waals surface area (Å²) >= 11 is 0. The fraction of sp³-hybridized carbons (Fsp3) is 0.333. The Morgan fingerprint density at radius 1 is 1.28 bits per heavy atom. The molecule has 0 N–H and O–H groups in total. The Hall–Kier alpha value is -2.51. The maximum Gasteiger partial charge on any atom is 0.270 e. The molecule has 0 aliphatic carbocycles. The molecule has 0 saturated carbocycles. The molecule has 0 saturated heterocycles. The molecule has 0 bridgehead atoms. The van der Waals surface area contributed by atoms with Crippen molar-refractivity contribution in [1.29, 1.82) is 0 Å². The van der Waals surface area contributed by atoms with Gasteiger partial charge in [0.15, 0.2) is 6.79 Å². The second kappa shape index (κ2) is 7.58. The Morgan fingerprint density at radius 2 is 2.12 bits per heavy atom. The second-order valence-corrected chi connectivity index (χ2v) is 5.89. The summed E-state index contributed by atoms with van der Waals surface area (Å²) in [5.41, 5.74) is 2.29. The van der Waals surface area contributed by atoms with Crippen molar-refractivity contribution < 1.29 is 18.8 Å². The van der Waals surface area contributed by atoms with Crippen LogP contribution >= 0.6 is 0 Å². The number of non-ortho nitro benzene ring substituents is 1. The molecule has 1 heterocycles. The molecule has 1 aliphatic heterocycles. The van der Waals surface area contributed by atoms with Crippen LogP contribution in [0, 0.1) is 15.9 Å². The van der Waals surface area contributed by atoms with Gasteiger partial charge in [-0.1, -0.05) is 19.1 Å². The van der Waals surface area contributed by atoms with Gasteiger partial charge in [0.1, 0.15) is 11.6 Å². The Morgan fingerprint density at radius 3 is 2.84 bits per heavy atom. The molecular weight excluding hydrogens is 327 g/mol. The van der Waals surface area contributed by atoms with Crippen LogP contribution in [-0.2, 0) is 24.4 Å². The number of nitrogens with zero attached hydrogens (tertiary/aromatic N) is 2. The minimum atomic E-state index is -0.415. The highest BCUT2D eigenvalue weighted by atomic mass is 19.1. The molecule has 0 atom stereocenters. The number of benzene rings is 2. The van der Waals surface area contributed by atoms with E-state index in [0.29, 0.717) is 37.6 Å². The molecule has 0 spiro atoms. The first-order valence-corrected chi connectivity index (χ1v) is 8.04. The molecule has 1 aliphatic rings. The number of hydrogen-bond acceptors (Lipinski definition) is 5. The molecule has 3 rings (SSSR count). The third kappa shape index (κ3) is 4.12. The Kier molecular flexibility index (Phi) is 5.25. The smallest absolute Gasteiger partial charge is 0.270 e. The highest BCUT2D eigenvalue weighted by Crippen LogP contribution is 2.33. The van der Waals surface area contributed by atoms with Gasteiger partial charge in [-0.05, 0) is 24.2 Å². The lowest BCUT2D eigenvalue weighted by molar-refractivity contribution is -0.385. The van der Waals surface area contributed by atoms with E-state index in [1.807, 2.05) is 13.0 Å². The van der Waals surface area contributed by atoms with E-state index < -0.39 is 4.92 Å². The monoisotopic (exact) mass is 346 g/mol. The summed E-state index contributed by atoms with van der Waals surface area (Å²) in [6.07, 6.45) is 0. The maximum atomic E-state index is 13.4. The molecule has 0 aromatic heterocycles. The van der Waals surface area contributed by atoms with Gasteiger partial charge in [-0.25, -0.2) is 4.39 Å². The van der Waals surface area contributed by atoms with Crippen molar-refractivity contribution in [2.45, 2.75) is 26.6 Å². The summed E-state index contributed by atoms with van der Waals surface area (Å²) in [5, 5.41) is 11.2. The van der Waals surface area contributed by atoms with Crippen LogP contribution in [0.2, 0.25) is 0 Å². The van der Waals surface area contributed by atoms with Crippen LogP contribution in [0.4, 0.5) is 10.1 Å². The molecule has 7 heteroatoms. The standard InChI is InChI=1S/C18H19FN2O4/c1-2-20(9-13-4-3-5-16(19)6-13)10-14-7-17(21(22)23)8-15-11-24-12-25-18(14)15/h3-8H,2,9-12H2,1H3. The molecule has 0 unspecified atom stereocenters. The lowest BCUT2D eigenvalue weighted by atomic mass is 10.1. The minimum Gasteiger partial charge on any atom is -0.467 e. The van der Waals surface area contributed by atoms with E-state index in [9.17, 15) is 14.5 Å². The van der Waals surface area contributed by atoms with Gasteiger partial charge in [-0.15, -0.1) is 0 Å². The third-order valence-electron chi connectivity index (χ3n) is 4.12. The zero-order chi connectivity index (χ0) is 17.8. The zero-order valence-electron chi connectivity index (χ0n) is 13.9. The highest BCUT2D eigenvalue weighted by molar-refractivity contribution is 5.50. The van der Waals surface area contributed by atoms with Crippen LogP contribution in [0.25, 0.3) is 0 Å². The van der Waals surface area contributed by atoms with Crippen LogP contribution in [0.15, 0.2) is 36.4 Å². The molecule has 0 fully saturated rings. The van der Waals surface area contributed by atoms with Crippen LogP contribution in [0.5, 0.6) is 5.75 Å². The van der Waals surface area contributed by atoms with Crippen molar-refractivity contribution in [3.8, 4) is 5.75 Å².